The molecule has 0 aliphatic heterocycles. The molecule has 2 rings (SSSR count). The molecule has 0 saturated carbocycles. The van der Waals surface area contributed by atoms with Gasteiger partial charge in [-0.2, -0.15) is 0 Å². The molecule has 0 radical (unpaired) electrons. The average Bonchev–Trinajstić information content (AvgIpc) is 2.79. The summed E-state index contributed by atoms with van der Waals surface area (Å²) in [5.74, 6) is -0.429. The monoisotopic (exact) mass is 585 g/mol. The lowest BCUT2D eigenvalue weighted by molar-refractivity contribution is -0.140. The highest BCUT2D eigenvalue weighted by atomic mass is 79.9. The second kappa shape index (κ2) is 13.8. The Bertz CT molecular complexity index is 1110. The molecular weight excluding hydrogens is 554 g/mol. The maximum atomic E-state index is 13.3. The number of carbonyl (C=O) groups is 2. The number of rotatable bonds is 13. The molecule has 192 valence electrons. The molecule has 0 bridgehead atoms. The van der Waals surface area contributed by atoms with E-state index in [1.54, 1.807) is 36.1 Å². The Labute approximate surface area is 222 Å². The number of sulfonamides is 1. The van der Waals surface area contributed by atoms with E-state index in [4.69, 9.17) is 11.6 Å². The van der Waals surface area contributed by atoms with Gasteiger partial charge in [-0.15, -0.1) is 0 Å². The first-order chi connectivity index (χ1) is 16.5. The van der Waals surface area contributed by atoms with Crippen LogP contribution in [-0.4, -0.2) is 50.5 Å². The van der Waals surface area contributed by atoms with Crippen LogP contribution < -0.4 is 9.62 Å². The third kappa shape index (κ3) is 9.46. The molecular formula is C25H33BrClN3O4S. The van der Waals surface area contributed by atoms with E-state index in [1.807, 2.05) is 31.2 Å². The Morgan fingerprint density at radius 3 is 2.46 bits per heavy atom. The highest BCUT2D eigenvalue weighted by Crippen LogP contribution is 2.23. The molecule has 0 fully saturated rings. The molecule has 1 N–H and O–H groups in total. The minimum atomic E-state index is -3.57. The highest BCUT2D eigenvalue weighted by Gasteiger charge is 2.26. The van der Waals surface area contributed by atoms with Crippen molar-refractivity contribution in [1.82, 2.24) is 10.2 Å². The van der Waals surface area contributed by atoms with E-state index in [0.29, 0.717) is 17.3 Å². The lowest BCUT2D eigenvalue weighted by Crippen LogP contribution is -2.48. The molecule has 0 unspecified atom stereocenters. The maximum Gasteiger partial charge on any atom is 0.242 e. The fraction of sp³-hybridized carbons (Fsp3) is 0.440. The predicted octanol–water partition coefficient (Wildman–Crippen LogP) is 4.98. The number of anilines is 1. The van der Waals surface area contributed by atoms with Gasteiger partial charge in [-0.05, 0) is 55.7 Å². The summed E-state index contributed by atoms with van der Waals surface area (Å²) in [6.45, 7) is 4.70. The largest absolute Gasteiger partial charge is 0.354 e. The normalized spacial score (nSPS) is 12.1. The van der Waals surface area contributed by atoms with Gasteiger partial charge in [0, 0.05) is 35.6 Å². The van der Waals surface area contributed by atoms with Gasteiger partial charge in [0.05, 0.1) is 11.9 Å². The van der Waals surface area contributed by atoms with Crippen molar-refractivity contribution in [3.8, 4) is 0 Å². The van der Waals surface area contributed by atoms with Gasteiger partial charge in [0.25, 0.3) is 0 Å². The highest BCUT2D eigenvalue weighted by molar-refractivity contribution is 9.10. The standard InChI is InChI=1S/C25H33BrClN3O4S/c1-4-5-14-28-25(32)19(2)29(18-20-9-6-10-21(26)16-20)24(31)13-8-15-30(35(3,33)34)23-12-7-11-22(27)17-23/h6-7,9-12,16-17,19H,4-5,8,13-15,18H2,1-3H3,(H,28,32)/t19-/m0/s1. The summed E-state index contributed by atoms with van der Waals surface area (Å²) in [7, 11) is -3.57. The molecule has 7 nitrogen and oxygen atoms in total. The number of hydrogen-bond acceptors (Lipinski definition) is 4. The smallest absolute Gasteiger partial charge is 0.242 e. The molecule has 2 amide bonds. The van der Waals surface area contributed by atoms with Crippen LogP contribution in [0.2, 0.25) is 5.02 Å². The molecule has 2 aromatic carbocycles. The van der Waals surface area contributed by atoms with Crippen LogP contribution in [-0.2, 0) is 26.2 Å². The van der Waals surface area contributed by atoms with Crippen LogP contribution in [0.4, 0.5) is 5.69 Å². The fourth-order valence-electron chi connectivity index (χ4n) is 3.59. The van der Waals surface area contributed by atoms with Gasteiger partial charge in [-0.3, -0.25) is 13.9 Å². The Morgan fingerprint density at radius 1 is 1.11 bits per heavy atom. The van der Waals surface area contributed by atoms with Crippen molar-refractivity contribution in [2.24, 2.45) is 0 Å². The van der Waals surface area contributed by atoms with Crippen molar-refractivity contribution in [1.29, 1.82) is 0 Å². The zero-order valence-corrected chi connectivity index (χ0v) is 23.5. The molecule has 35 heavy (non-hydrogen) atoms. The van der Waals surface area contributed by atoms with E-state index in [1.165, 1.54) is 4.31 Å². The van der Waals surface area contributed by atoms with Crippen molar-refractivity contribution in [2.75, 3.05) is 23.7 Å². The number of unbranched alkanes of at least 4 members (excludes halogenated alkanes) is 1. The topological polar surface area (TPSA) is 86.8 Å². The molecule has 0 heterocycles. The Morgan fingerprint density at radius 2 is 1.83 bits per heavy atom. The third-order valence-electron chi connectivity index (χ3n) is 5.49. The van der Waals surface area contributed by atoms with Gasteiger partial charge < -0.3 is 10.2 Å². The minimum Gasteiger partial charge on any atom is -0.354 e. The third-order valence-corrected chi connectivity index (χ3v) is 7.41. The van der Waals surface area contributed by atoms with E-state index in [9.17, 15) is 18.0 Å². The zero-order valence-electron chi connectivity index (χ0n) is 20.3. The van der Waals surface area contributed by atoms with Gasteiger partial charge in [0.1, 0.15) is 6.04 Å². The van der Waals surface area contributed by atoms with Gasteiger partial charge in [0.2, 0.25) is 21.8 Å². The summed E-state index contributed by atoms with van der Waals surface area (Å²) in [5, 5.41) is 3.32. The lowest BCUT2D eigenvalue weighted by atomic mass is 10.1. The lowest BCUT2D eigenvalue weighted by Gasteiger charge is -2.29. The van der Waals surface area contributed by atoms with Crippen LogP contribution in [0.25, 0.3) is 0 Å². The van der Waals surface area contributed by atoms with Gasteiger partial charge in [-0.25, -0.2) is 8.42 Å². The number of halogens is 2. The van der Waals surface area contributed by atoms with E-state index in [0.717, 1.165) is 29.1 Å². The van der Waals surface area contributed by atoms with Crippen LogP contribution in [0.15, 0.2) is 53.0 Å². The molecule has 0 saturated heterocycles. The molecule has 1 atom stereocenters. The average molecular weight is 587 g/mol. The number of hydrogen-bond donors (Lipinski definition) is 1. The van der Waals surface area contributed by atoms with Crippen LogP contribution in [0.3, 0.4) is 0 Å². The zero-order chi connectivity index (χ0) is 26.0. The first kappa shape index (κ1) is 29.1. The summed E-state index contributed by atoms with van der Waals surface area (Å²) < 4.78 is 26.9. The van der Waals surface area contributed by atoms with Gasteiger partial charge in [-0.1, -0.05) is 59.1 Å². The Hall–Kier alpha value is -2.10. The predicted molar refractivity (Wildman–Crippen MR) is 145 cm³/mol. The van der Waals surface area contributed by atoms with Crippen LogP contribution >= 0.6 is 27.5 Å². The van der Waals surface area contributed by atoms with Crippen molar-refractivity contribution in [3.63, 3.8) is 0 Å². The summed E-state index contributed by atoms with van der Waals surface area (Å²) in [6, 6.07) is 13.5. The first-order valence-electron chi connectivity index (χ1n) is 11.6. The van der Waals surface area contributed by atoms with Crippen molar-refractivity contribution in [2.45, 2.75) is 52.1 Å². The Kier molecular flexibility index (Phi) is 11.5. The van der Waals surface area contributed by atoms with E-state index < -0.39 is 16.1 Å². The fourth-order valence-corrected chi connectivity index (χ4v) is 5.17. The van der Waals surface area contributed by atoms with E-state index in [2.05, 4.69) is 21.2 Å². The number of amides is 2. The minimum absolute atomic E-state index is 0.0904. The molecule has 0 spiro atoms. The van der Waals surface area contributed by atoms with Crippen LogP contribution in [0.5, 0.6) is 0 Å². The van der Waals surface area contributed by atoms with Gasteiger partial charge in [0.15, 0.2) is 0 Å². The summed E-state index contributed by atoms with van der Waals surface area (Å²) in [5.41, 5.74) is 1.33. The van der Waals surface area contributed by atoms with Gasteiger partial charge >= 0.3 is 0 Å². The second-order valence-corrected chi connectivity index (χ2v) is 11.6. The number of benzene rings is 2. The molecule has 0 aromatic heterocycles. The number of nitrogens with one attached hydrogen (secondary N) is 1. The number of nitrogens with zero attached hydrogens (tertiary/aromatic N) is 2. The van der Waals surface area contributed by atoms with E-state index in [-0.39, 0.29) is 37.7 Å². The molecule has 0 aliphatic rings. The summed E-state index contributed by atoms with van der Waals surface area (Å²) >= 11 is 9.49. The van der Waals surface area contributed by atoms with E-state index >= 15 is 0 Å². The van der Waals surface area contributed by atoms with Crippen molar-refractivity contribution < 1.29 is 18.0 Å². The molecule has 0 aliphatic carbocycles. The quantitative estimate of drug-likeness (QED) is 0.335. The molecule has 2 aromatic rings. The van der Waals surface area contributed by atoms with Crippen LogP contribution in [0, 0.1) is 0 Å². The van der Waals surface area contributed by atoms with Crippen molar-refractivity contribution >= 4 is 55.1 Å². The van der Waals surface area contributed by atoms with Crippen molar-refractivity contribution in [3.05, 3.63) is 63.6 Å². The maximum absolute atomic E-state index is 13.3. The SMILES string of the molecule is CCCCNC(=O)[C@H](C)N(Cc1cccc(Br)c1)C(=O)CCCN(c1cccc(Cl)c1)S(C)(=O)=O. The molecule has 10 heteroatoms. The first-order valence-corrected chi connectivity index (χ1v) is 14.6. The summed E-state index contributed by atoms with van der Waals surface area (Å²) in [4.78, 5) is 27.6. The Balaban J connectivity index is 2.14. The summed E-state index contributed by atoms with van der Waals surface area (Å²) in [6.07, 6.45) is 3.32. The van der Waals surface area contributed by atoms with Crippen LogP contribution in [0.1, 0.15) is 45.1 Å². The number of carbonyl (C=O) groups excluding carboxylic acids is 2. The second-order valence-electron chi connectivity index (χ2n) is 8.39.